The normalized spacial score (nSPS) is 37.9. The van der Waals surface area contributed by atoms with E-state index in [1.54, 1.807) is 0 Å². The molecule has 0 aromatic rings. The van der Waals surface area contributed by atoms with E-state index in [9.17, 15) is 0 Å². The lowest BCUT2D eigenvalue weighted by molar-refractivity contribution is 0.374. The Morgan fingerprint density at radius 1 is 1.36 bits per heavy atom. The summed E-state index contributed by atoms with van der Waals surface area (Å²) in [6.45, 7) is 6.42. The minimum atomic E-state index is 0.730. The smallest absolute Gasteiger partial charge is 0.00958 e. The highest BCUT2D eigenvalue weighted by atomic mass is 14.9. The van der Waals surface area contributed by atoms with Gasteiger partial charge in [0.1, 0.15) is 0 Å². The molecule has 1 saturated carbocycles. The fraction of sp³-hybridized carbons (Fsp3) is 1.00. The van der Waals surface area contributed by atoms with E-state index >= 15 is 0 Å². The molecule has 0 heterocycles. The van der Waals surface area contributed by atoms with Gasteiger partial charge in [-0.3, -0.25) is 0 Å². The Kier molecular flexibility index (Phi) is 3.34. The van der Waals surface area contributed by atoms with Gasteiger partial charge in [-0.05, 0) is 24.7 Å². The van der Waals surface area contributed by atoms with Crippen LogP contribution in [-0.4, -0.2) is 19.1 Å². The van der Waals surface area contributed by atoms with Crippen LogP contribution >= 0.6 is 0 Å². The molecule has 0 amide bonds. The van der Waals surface area contributed by atoms with E-state index in [0.717, 1.165) is 31.0 Å². The minimum Gasteiger partial charge on any atom is -0.329 e. The number of hydrogen-bond acceptors (Lipinski definition) is 2. The SMILES string of the molecule is CC1CCC(NCCN)C1C. The molecule has 11 heavy (non-hydrogen) atoms. The number of nitrogens with two attached hydrogens (primary N) is 1. The lowest BCUT2D eigenvalue weighted by atomic mass is 9.98. The Labute approximate surface area is 69.5 Å². The third-order valence-electron chi connectivity index (χ3n) is 3.02. The maximum Gasteiger partial charge on any atom is 0.00958 e. The molecule has 66 valence electrons. The van der Waals surface area contributed by atoms with Gasteiger partial charge in [-0.25, -0.2) is 0 Å². The highest BCUT2D eigenvalue weighted by Gasteiger charge is 2.28. The number of hydrogen-bond donors (Lipinski definition) is 2. The van der Waals surface area contributed by atoms with Crippen LogP contribution in [0.5, 0.6) is 0 Å². The molecule has 1 aliphatic carbocycles. The second-order valence-corrected chi connectivity index (χ2v) is 3.76. The fourth-order valence-corrected chi connectivity index (χ4v) is 1.92. The van der Waals surface area contributed by atoms with Gasteiger partial charge >= 0.3 is 0 Å². The van der Waals surface area contributed by atoms with Gasteiger partial charge < -0.3 is 11.1 Å². The molecule has 0 aromatic carbocycles. The molecule has 0 spiro atoms. The summed E-state index contributed by atoms with van der Waals surface area (Å²) in [6, 6.07) is 0.730. The monoisotopic (exact) mass is 156 g/mol. The van der Waals surface area contributed by atoms with Crippen molar-refractivity contribution in [2.24, 2.45) is 17.6 Å². The minimum absolute atomic E-state index is 0.730. The highest BCUT2D eigenvalue weighted by molar-refractivity contribution is 4.84. The third-order valence-corrected chi connectivity index (χ3v) is 3.02. The summed E-state index contributed by atoms with van der Waals surface area (Å²) < 4.78 is 0. The van der Waals surface area contributed by atoms with Crippen molar-refractivity contribution in [1.29, 1.82) is 0 Å². The standard InChI is InChI=1S/C9H20N2/c1-7-3-4-9(8(7)2)11-6-5-10/h7-9,11H,3-6,10H2,1-2H3. The Morgan fingerprint density at radius 2 is 2.09 bits per heavy atom. The van der Waals surface area contributed by atoms with Crippen LogP contribution in [0, 0.1) is 11.8 Å². The summed E-state index contributed by atoms with van der Waals surface area (Å²) in [6.07, 6.45) is 2.71. The third kappa shape index (κ3) is 2.17. The molecule has 0 radical (unpaired) electrons. The fourth-order valence-electron chi connectivity index (χ4n) is 1.92. The Bertz CT molecular complexity index is 114. The Morgan fingerprint density at radius 3 is 2.55 bits per heavy atom. The second-order valence-electron chi connectivity index (χ2n) is 3.76. The molecule has 1 fully saturated rings. The van der Waals surface area contributed by atoms with Crippen molar-refractivity contribution in [2.45, 2.75) is 32.7 Å². The van der Waals surface area contributed by atoms with Crippen LogP contribution in [0.4, 0.5) is 0 Å². The molecular weight excluding hydrogens is 136 g/mol. The molecule has 1 aliphatic rings. The van der Waals surface area contributed by atoms with E-state index < -0.39 is 0 Å². The van der Waals surface area contributed by atoms with Crippen molar-refractivity contribution in [3.8, 4) is 0 Å². The van der Waals surface area contributed by atoms with Crippen molar-refractivity contribution in [2.75, 3.05) is 13.1 Å². The largest absolute Gasteiger partial charge is 0.329 e. The lowest BCUT2D eigenvalue weighted by Crippen LogP contribution is -2.35. The number of rotatable bonds is 3. The van der Waals surface area contributed by atoms with Gasteiger partial charge in [-0.15, -0.1) is 0 Å². The van der Waals surface area contributed by atoms with Crippen molar-refractivity contribution in [1.82, 2.24) is 5.32 Å². The van der Waals surface area contributed by atoms with Gasteiger partial charge in [-0.1, -0.05) is 13.8 Å². The summed E-state index contributed by atoms with van der Waals surface area (Å²) in [5, 5.41) is 3.49. The van der Waals surface area contributed by atoms with Crippen LogP contribution in [0.25, 0.3) is 0 Å². The van der Waals surface area contributed by atoms with Crippen LogP contribution < -0.4 is 11.1 Å². The van der Waals surface area contributed by atoms with Crippen LogP contribution in [0.2, 0.25) is 0 Å². The van der Waals surface area contributed by atoms with Gasteiger partial charge in [0.05, 0.1) is 0 Å². The van der Waals surface area contributed by atoms with Gasteiger partial charge in [-0.2, -0.15) is 0 Å². The molecular formula is C9H20N2. The molecule has 3 unspecified atom stereocenters. The highest BCUT2D eigenvalue weighted by Crippen LogP contribution is 2.30. The van der Waals surface area contributed by atoms with Crippen LogP contribution in [0.15, 0.2) is 0 Å². The average molecular weight is 156 g/mol. The van der Waals surface area contributed by atoms with Crippen molar-refractivity contribution < 1.29 is 0 Å². The second kappa shape index (κ2) is 4.07. The van der Waals surface area contributed by atoms with E-state index in [0.29, 0.717) is 0 Å². The predicted molar refractivity (Wildman–Crippen MR) is 48.4 cm³/mol. The molecule has 2 heteroatoms. The number of nitrogens with one attached hydrogen (secondary N) is 1. The molecule has 0 bridgehead atoms. The summed E-state index contributed by atoms with van der Waals surface area (Å²) in [4.78, 5) is 0. The Balaban J connectivity index is 2.24. The maximum atomic E-state index is 5.42. The van der Waals surface area contributed by atoms with E-state index in [1.807, 2.05) is 0 Å². The molecule has 0 aromatic heterocycles. The molecule has 0 saturated heterocycles. The summed E-state index contributed by atoms with van der Waals surface area (Å²) in [5.41, 5.74) is 5.42. The lowest BCUT2D eigenvalue weighted by Gasteiger charge is -2.18. The average Bonchev–Trinajstić information content (AvgIpc) is 2.31. The first-order valence-corrected chi connectivity index (χ1v) is 4.69. The first-order valence-electron chi connectivity index (χ1n) is 4.69. The zero-order chi connectivity index (χ0) is 8.27. The topological polar surface area (TPSA) is 38.0 Å². The zero-order valence-electron chi connectivity index (χ0n) is 7.64. The van der Waals surface area contributed by atoms with Gasteiger partial charge in [0.25, 0.3) is 0 Å². The summed E-state index contributed by atoms with van der Waals surface area (Å²) in [7, 11) is 0. The Hall–Kier alpha value is -0.0800. The van der Waals surface area contributed by atoms with Crippen LogP contribution in [-0.2, 0) is 0 Å². The quantitative estimate of drug-likeness (QED) is 0.639. The van der Waals surface area contributed by atoms with Gasteiger partial charge in [0, 0.05) is 19.1 Å². The van der Waals surface area contributed by atoms with E-state index in [-0.39, 0.29) is 0 Å². The van der Waals surface area contributed by atoms with Gasteiger partial charge in [0.15, 0.2) is 0 Å². The molecule has 0 aliphatic heterocycles. The van der Waals surface area contributed by atoms with Crippen molar-refractivity contribution in [3.05, 3.63) is 0 Å². The first-order chi connectivity index (χ1) is 5.25. The van der Waals surface area contributed by atoms with E-state index in [4.69, 9.17) is 5.73 Å². The van der Waals surface area contributed by atoms with Crippen molar-refractivity contribution >= 4 is 0 Å². The van der Waals surface area contributed by atoms with Crippen molar-refractivity contribution in [3.63, 3.8) is 0 Å². The predicted octanol–water partition coefficient (Wildman–Crippen LogP) is 0.969. The molecule has 1 rings (SSSR count). The summed E-state index contributed by atoms with van der Waals surface area (Å²) >= 11 is 0. The summed E-state index contributed by atoms with van der Waals surface area (Å²) in [5.74, 6) is 1.73. The van der Waals surface area contributed by atoms with E-state index in [1.165, 1.54) is 12.8 Å². The first kappa shape index (κ1) is 9.01. The van der Waals surface area contributed by atoms with Gasteiger partial charge in [0.2, 0.25) is 0 Å². The van der Waals surface area contributed by atoms with Crippen LogP contribution in [0.3, 0.4) is 0 Å². The molecule has 3 atom stereocenters. The zero-order valence-corrected chi connectivity index (χ0v) is 7.64. The molecule has 2 nitrogen and oxygen atoms in total. The van der Waals surface area contributed by atoms with Crippen LogP contribution in [0.1, 0.15) is 26.7 Å². The van der Waals surface area contributed by atoms with E-state index in [2.05, 4.69) is 19.2 Å². The maximum absolute atomic E-state index is 5.42. The molecule has 3 N–H and O–H groups in total.